The number of carbonyl (C=O) groups excluding carboxylic acids is 1. The highest BCUT2D eigenvalue weighted by molar-refractivity contribution is 7.89. The summed E-state index contributed by atoms with van der Waals surface area (Å²) in [6.45, 7) is 0. The van der Waals surface area contributed by atoms with Gasteiger partial charge in [-0.2, -0.15) is 0 Å². The van der Waals surface area contributed by atoms with E-state index in [1.54, 1.807) is 24.3 Å². The summed E-state index contributed by atoms with van der Waals surface area (Å²) >= 11 is 3.80. The van der Waals surface area contributed by atoms with E-state index in [4.69, 9.17) is 5.73 Å². The first-order valence-electron chi connectivity index (χ1n) is 5.29. The molecule has 0 aliphatic carbocycles. The molecule has 0 aliphatic rings. The van der Waals surface area contributed by atoms with Crippen molar-refractivity contribution in [2.24, 2.45) is 0 Å². The lowest BCUT2D eigenvalue weighted by atomic mass is 10.2. The van der Waals surface area contributed by atoms with Crippen molar-refractivity contribution in [2.45, 2.75) is 5.75 Å². The van der Waals surface area contributed by atoms with Gasteiger partial charge in [0.1, 0.15) is 5.70 Å². The summed E-state index contributed by atoms with van der Waals surface area (Å²) in [6.07, 6.45) is 0. The molecule has 1 aromatic rings. The number of benzene rings is 1. The van der Waals surface area contributed by atoms with E-state index in [2.05, 4.69) is 17.9 Å². The number of nitrogen functional groups attached to an aromatic ring is 1. The van der Waals surface area contributed by atoms with Crippen molar-refractivity contribution in [3.05, 3.63) is 40.9 Å². The van der Waals surface area contributed by atoms with Crippen LogP contribution in [0.2, 0.25) is 0 Å². The number of hydrogen-bond donors (Lipinski definition) is 4. The van der Waals surface area contributed by atoms with Crippen LogP contribution >= 0.6 is 12.6 Å². The minimum Gasteiger partial charge on any atom is -0.399 e. The average Bonchev–Trinajstić information content (AvgIpc) is 2.32. The van der Waals surface area contributed by atoms with Gasteiger partial charge in [-0.25, -0.2) is 13.1 Å². The number of amides is 1. The Hall–Kier alpha value is -1.67. The topological polar surface area (TPSA) is 101 Å². The van der Waals surface area contributed by atoms with Crippen LogP contribution in [0.1, 0.15) is 5.56 Å². The molecule has 1 aromatic carbocycles. The zero-order chi connectivity index (χ0) is 14.5. The summed E-state index contributed by atoms with van der Waals surface area (Å²) in [5.74, 6) is -1.06. The number of sulfonamides is 1. The molecule has 1 rings (SSSR count). The fourth-order valence-corrected chi connectivity index (χ4v) is 2.64. The van der Waals surface area contributed by atoms with Crippen LogP contribution in [-0.2, 0) is 20.6 Å². The number of nitrogens with two attached hydrogens (primary N) is 1. The summed E-state index contributed by atoms with van der Waals surface area (Å²) in [6, 6.07) is 6.37. The van der Waals surface area contributed by atoms with Crippen LogP contribution in [0.3, 0.4) is 0 Å². The molecule has 4 N–H and O–H groups in total. The lowest BCUT2D eigenvalue weighted by molar-refractivity contribution is -0.116. The molecule has 0 fully saturated rings. The van der Waals surface area contributed by atoms with Gasteiger partial charge in [-0.1, -0.05) is 12.1 Å². The fourth-order valence-electron chi connectivity index (χ4n) is 1.30. The number of rotatable bonds is 5. The molecular formula is C11H15N3O3S2. The largest absolute Gasteiger partial charge is 0.399 e. The Morgan fingerprint density at radius 3 is 2.42 bits per heavy atom. The van der Waals surface area contributed by atoms with Crippen molar-refractivity contribution in [1.82, 2.24) is 10.0 Å². The van der Waals surface area contributed by atoms with E-state index in [9.17, 15) is 13.2 Å². The van der Waals surface area contributed by atoms with Crippen molar-refractivity contribution >= 4 is 34.2 Å². The molecule has 0 spiro atoms. The molecule has 0 atom stereocenters. The molecular weight excluding hydrogens is 286 g/mol. The minimum atomic E-state index is -3.77. The molecule has 0 unspecified atom stereocenters. The average molecular weight is 301 g/mol. The lowest BCUT2D eigenvalue weighted by Gasteiger charge is -2.09. The fraction of sp³-hybridized carbons (Fsp3) is 0.182. The van der Waals surface area contributed by atoms with Crippen LogP contribution in [0.15, 0.2) is 35.4 Å². The highest BCUT2D eigenvalue weighted by atomic mass is 32.2. The first kappa shape index (κ1) is 15.4. The van der Waals surface area contributed by atoms with Crippen molar-refractivity contribution in [2.75, 3.05) is 12.8 Å². The molecule has 0 bridgehead atoms. The number of hydrogen-bond acceptors (Lipinski definition) is 6. The summed E-state index contributed by atoms with van der Waals surface area (Å²) in [4.78, 5) is 11.6. The maximum absolute atomic E-state index is 11.8. The standard InChI is InChI=1S/C11H15N3O3S2/c1-13-10(6-18)11(15)14-19(16,17)7-8-2-4-9(12)5-3-8/h2-6,13,18H,7,12H2,1H3,(H,14,15)/b10-6-. The van der Waals surface area contributed by atoms with E-state index >= 15 is 0 Å². The maximum Gasteiger partial charge on any atom is 0.281 e. The molecule has 19 heavy (non-hydrogen) atoms. The molecule has 0 aromatic heterocycles. The van der Waals surface area contributed by atoms with Gasteiger partial charge in [0.2, 0.25) is 10.0 Å². The van der Waals surface area contributed by atoms with E-state index in [0.29, 0.717) is 11.3 Å². The normalized spacial score (nSPS) is 12.0. The van der Waals surface area contributed by atoms with Gasteiger partial charge in [-0.05, 0) is 23.1 Å². The van der Waals surface area contributed by atoms with Crippen LogP contribution in [0.4, 0.5) is 5.69 Å². The second kappa shape index (κ2) is 6.48. The molecule has 0 saturated carbocycles. The summed E-state index contributed by atoms with van der Waals surface area (Å²) in [5, 5.41) is 3.73. The van der Waals surface area contributed by atoms with Crippen molar-refractivity contribution < 1.29 is 13.2 Å². The van der Waals surface area contributed by atoms with E-state index in [1.807, 2.05) is 4.72 Å². The number of anilines is 1. The summed E-state index contributed by atoms with van der Waals surface area (Å²) < 4.78 is 25.5. The Kier molecular flexibility index (Phi) is 5.25. The zero-order valence-electron chi connectivity index (χ0n) is 10.3. The summed E-state index contributed by atoms with van der Waals surface area (Å²) in [5.41, 5.74) is 6.64. The van der Waals surface area contributed by atoms with Gasteiger partial charge in [-0.3, -0.25) is 4.79 Å². The van der Waals surface area contributed by atoms with Gasteiger partial charge < -0.3 is 11.1 Å². The molecule has 0 saturated heterocycles. The number of nitrogens with one attached hydrogen (secondary N) is 2. The molecule has 104 valence electrons. The van der Waals surface area contributed by atoms with Crippen LogP contribution in [0.25, 0.3) is 0 Å². The predicted octanol–water partition coefficient (Wildman–Crippen LogP) is 0.205. The molecule has 0 radical (unpaired) electrons. The van der Waals surface area contributed by atoms with Gasteiger partial charge in [0.05, 0.1) is 5.75 Å². The van der Waals surface area contributed by atoms with Crippen LogP contribution < -0.4 is 15.8 Å². The van der Waals surface area contributed by atoms with Crippen LogP contribution in [0.5, 0.6) is 0 Å². The third-order valence-corrected chi connectivity index (χ3v) is 3.70. The third kappa shape index (κ3) is 4.84. The highest BCUT2D eigenvalue weighted by Gasteiger charge is 2.17. The summed E-state index contributed by atoms with van der Waals surface area (Å²) in [7, 11) is -2.27. The van der Waals surface area contributed by atoms with Crippen molar-refractivity contribution in [3.63, 3.8) is 0 Å². The second-order valence-electron chi connectivity index (χ2n) is 3.72. The van der Waals surface area contributed by atoms with Crippen LogP contribution in [0, 0.1) is 0 Å². The quantitative estimate of drug-likeness (QED) is 0.354. The molecule has 8 heteroatoms. The lowest BCUT2D eigenvalue weighted by Crippen LogP contribution is -2.35. The number of thiol groups is 1. The Morgan fingerprint density at radius 1 is 1.37 bits per heavy atom. The second-order valence-corrected chi connectivity index (χ2v) is 5.71. The SMILES string of the molecule is CN/C(=C\S)C(=O)NS(=O)(=O)Cc1ccc(N)cc1. The van der Waals surface area contributed by atoms with Gasteiger partial charge in [0.25, 0.3) is 5.91 Å². The molecule has 0 heterocycles. The Morgan fingerprint density at radius 2 is 1.95 bits per heavy atom. The van der Waals surface area contributed by atoms with E-state index in [0.717, 1.165) is 0 Å². The third-order valence-electron chi connectivity index (χ3n) is 2.23. The van der Waals surface area contributed by atoms with E-state index < -0.39 is 15.9 Å². The number of likely N-dealkylation sites (N-methyl/N-ethyl adjacent to an activating group) is 1. The van der Waals surface area contributed by atoms with Crippen molar-refractivity contribution in [1.29, 1.82) is 0 Å². The van der Waals surface area contributed by atoms with E-state index in [-0.39, 0.29) is 11.4 Å². The molecule has 0 aliphatic heterocycles. The minimum absolute atomic E-state index is 0.0595. The monoisotopic (exact) mass is 301 g/mol. The number of carbonyl (C=O) groups is 1. The van der Waals surface area contributed by atoms with Crippen molar-refractivity contribution in [3.8, 4) is 0 Å². The van der Waals surface area contributed by atoms with Gasteiger partial charge in [0, 0.05) is 12.7 Å². The highest BCUT2D eigenvalue weighted by Crippen LogP contribution is 2.09. The van der Waals surface area contributed by atoms with Crippen LogP contribution in [-0.4, -0.2) is 21.4 Å². The van der Waals surface area contributed by atoms with Gasteiger partial charge >= 0.3 is 0 Å². The Bertz CT molecular complexity index is 580. The van der Waals surface area contributed by atoms with Gasteiger partial charge in [-0.15, -0.1) is 12.6 Å². The Balaban J connectivity index is 2.77. The first-order valence-corrected chi connectivity index (χ1v) is 7.46. The molecule has 1 amide bonds. The smallest absolute Gasteiger partial charge is 0.281 e. The first-order chi connectivity index (χ1) is 8.88. The van der Waals surface area contributed by atoms with E-state index in [1.165, 1.54) is 12.5 Å². The zero-order valence-corrected chi connectivity index (χ0v) is 12.0. The Labute approximate surface area is 117 Å². The predicted molar refractivity (Wildman–Crippen MR) is 77.7 cm³/mol. The molecule has 6 nitrogen and oxygen atoms in total. The van der Waals surface area contributed by atoms with Gasteiger partial charge in [0.15, 0.2) is 0 Å². The maximum atomic E-state index is 11.8.